The van der Waals surface area contributed by atoms with E-state index >= 15 is 0 Å². The van der Waals surface area contributed by atoms with Gasteiger partial charge >= 0.3 is 0 Å². The molecule has 3 N–H and O–H groups in total. The van der Waals surface area contributed by atoms with Gasteiger partial charge in [-0.2, -0.15) is 0 Å². The number of rotatable bonds is 20. The van der Waals surface area contributed by atoms with E-state index in [2.05, 4.69) is 19.1 Å². The first kappa shape index (κ1) is 27.6. The van der Waals surface area contributed by atoms with Crippen molar-refractivity contribution in [1.82, 2.24) is 0 Å². The van der Waals surface area contributed by atoms with Gasteiger partial charge in [-0.1, -0.05) is 83.3 Å². The normalized spacial score (nSPS) is 22.9. The Kier molecular flexibility index (Phi) is 17.7. The largest absolute Gasteiger partial charge is 0.394 e. The summed E-state index contributed by atoms with van der Waals surface area (Å²) < 4.78 is 11.0. The molecule has 0 aliphatic carbocycles. The minimum absolute atomic E-state index is 0.0956. The lowest BCUT2D eigenvalue weighted by Crippen LogP contribution is -2.42. The van der Waals surface area contributed by atoms with E-state index in [1.165, 1.54) is 77.0 Å². The van der Waals surface area contributed by atoms with E-state index in [4.69, 9.17) is 9.47 Å². The van der Waals surface area contributed by atoms with Gasteiger partial charge in [0.2, 0.25) is 0 Å². The molecule has 1 fully saturated rings. The van der Waals surface area contributed by atoms with Crippen LogP contribution in [0.1, 0.15) is 103 Å². The lowest BCUT2D eigenvalue weighted by Gasteiger charge is -2.24. The van der Waals surface area contributed by atoms with Crippen molar-refractivity contribution in [2.24, 2.45) is 0 Å². The van der Waals surface area contributed by atoms with Gasteiger partial charge in [-0.3, -0.25) is 0 Å². The molecule has 0 aromatic carbocycles. The monoisotopic (exact) mass is 428 g/mol. The van der Waals surface area contributed by atoms with Crippen molar-refractivity contribution in [2.45, 2.75) is 128 Å². The van der Waals surface area contributed by atoms with Crippen molar-refractivity contribution < 1.29 is 24.8 Å². The first-order valence-electron chi connectivity index (χ1n) is 12.6. The number of ether oxygens (including phenoxy) is 2. The van der Waals surface area contributed by atoms with Crippen LogP contribution in [0.4, 0.5) is 0 Å². The predicted molar refractivity (Wildman–Crippen MR) is 123 cm³/mol. The van der Waals surface area contributed by atoms with Crippen LogP contribution in [0.3, 0.4) is 0 Å². The Morgan fingerprint density at radius 1 is 0.833 bits per heavy atom. The zero-order valence-electron chi connectivity index (χ0n) is 19.4. The maximum atomic E-state index is 9.84. The summed E-state index contributed by atoms with van der Waals surface area (Å²) in [6, 6.07) is 0. The Balaban J connectivity index is 1.84. The fourth-order valence-electron chi connectivity index (χ4n) is 3.97. The zero-order chi connectivity index (χ0) is 21.9. The second-order valence-electron chi connectivity index (χ2n) is 8.74. The van der Waals surface area contributed by atoms with Crippen LogP contribution in [-0.4, -0.2) is 59.6 Å². The smallest absolute Gasteiger partial charge is 0.114 e. The number of aliphatic hydroxyl groups is 3. The highest BCUT2D eigenvalue weighted by molar-refractivity contribution is 4.88. The van der Waals surface area contributed by atoms with Crippen LogP contribution in [0, 0.1) is 0 Å². The first-order chi connectivity index (χ1) is 14.7. The average molecular weight is 429 g/mol. The molecule has 0 aromatic heterocycles. The van der Waals surface area contributed by atoms with Gasteiger partial charge in [0.25, 0.3) is 0 Å². The zero-order valence-corrected chi connectivity index (χ0v) is 19.4. The number of aliphatic hydroxyl groups excluding tert-OH is 3. The quantitative estimate of drug-likeness (QED) is 0.190. The third kappa shape index (κ3) is 13.1. The summed E-state index contributed by atoms with van der Waals surface area (Å²) in [5.74, 6) is 0. The Morgan fingerprint density at radius 2 is 1.37 bits per heavy atom. The minimum atomic E-state index is -0.982. The molecule has 1 heterocycles. The van der Waals surface area contributed by atoms with Crippen LogP contribution in [-0.2, 0) is 9.47 Å². The van der Waals surface area contributed by atoms with Crippen molar-refractivity contribution in [1.29, 1.82) is 0 Å². The molecule has 4 atom stereocenters. The fraction of sp³-hybridized carbons (Fsp3) is 0.920. The second-order valence-corrected chi connectivity index (χ2v) is 8.74. The van der Waals surface area contributed by atoms with E-state index in [1.54, 1.807) is 0 Å². The highest BCUT2D eigenvalue weighted by Crippen LogP contribution is 2.20. The van der Waals surface area contributed by atoms with Gasteiger partial charge in [-0.15, -0.1) is 0 Å². The van der Waals surface area contributed by atoms with Gasteiger partial charge < -0.3 is 24.8 Å². The van der Waals surface area contributed by atoms with Crippen LogP contribution in [0.5, 0.6) is 0 Å². The highest BCUT2D eigenvalue weighted by atomic mass is 16.6. The maximum Gasteiger partial charge on any atom is 0.114 e. The minimum Gasteiger partial charge on any atom is -0.394 e. The average Bonchev–Trinajstić information content (AvgIpc) is 3.08. The van der Waals surface area contributed by atoms with Gasteiger partial charge in [0.05, 0.1) is 13.2 Å². The molecule has 1 saturated heterocycles. The van der Waals surface area contributed by atoms with Gasteiger partial charge in [0, 0.05) is 6.61 Å². The number of hydrogen-bond acceptors (Lipinski definition) is 5. The van der Waals surface area contributed by atoms with E-state index in [9.17, 15) is 15.3 Å². The lowest BCUT2D eigenvalue weighted by molar-refractivity contribution is -0.101. The van der Waals surface area contributed by atoms with Crippen LogP contribution in [0.25, 0.3) is 0 Å². The summed E-state index contributed by atoms with van der Waals surface area (Å²) in [6.07, 6.45) is 20.9. The summed E-state index contributed by atoms with van der Waals surface area (Å²) in [5, 5.41) is 28.8. The molecule has 0 bridgehead atoms. The molecule has 5 heteroatoms. The molecule has 5 nitrogen and oxygen atoms in total. The Hall–Kier alpha value is -0.460. The lowest BCUT2D eigenvalue weighted by atomic mass is 10.1. The summed E-state index contributed by atoms with van der Waals surface area (Å²) in [4.78, 5) is 0. The second kappa shape index (κ2) is 19.2. The molecule has 0 unspecified atom stereocenters. The molecule has 0 saturated carbocycles. The molecule has 0 radical (unpaired) electrons. The molecule has 30 heavy (non-hydrogen) atoms. The van der Waals surface area contributed by atoms with E-state index in [0.29, 0.717) is 6.61 Å². The molecule has 0 spiro atoms. The Morgan fingerprint density at radius 3 is 1.87 bits per heavy atom. The maximum absolute atomic E-state index is 9.84. The van der Waals surface area contributed by atoms with Gasteiger partial charge in [-0.25, -0.2) is 0 Å². The third-order valence-corrected chi connectivity index (χ3v) is 5.97. The Bertz CT molecular complexity index is 401. The van der Waals surface area contributed by atoms with Gasteiger partial charge in [0.15, 0.2) is 0 Å². The van der Waals surface area contributed by atoms with Crippen LogP contribution < -0.4 is 0 Å². The van der Waals surface area contributed by atoms with E-state index in [0.717, 1.165) is 19.3 Å². The van der Waals surface area contributed by atoms with E-state index in [-0.39, 0.29) is 13.2 Å². The molecular formula is C25H48O5. The van der Waals surface area contributed by atoms with Crippen molar-refractivity contribution in [2.75, 3.05) is 19.8 Å². The van der Waals surface area contributed by atoms with Crippen LogP contribution in [0.2, 0.25) is 0 Å². The fourth-order valence-corrected chi connectivity index (χ4v) is 3.97. The van der Waals surface area contributed by atoms with Gasteiger partial charge in [-0.05, 0) is 32.1 Å². The number of allylic oxidation sites excluding steroid dienone is 2. The van der Waals surface area contributed by atoms with E-state index < -0.39 is 24.4 Å². The van der Waals surface area contributed by atoms with Gasteiger partial charge in [0.1, 0.15) is 24.4 Å². The predicted octanol–water partition coefficient (Wildman–Crippen LogP) is 4.91. The topological polar surface area (TPSA) is 79.2 Å². The Labute approximate surface area is 184 Å². The molecule has 1 aliphatic heterocycles. The van der Waals surface area contributed by atoms with E-state index in [1.807, 2.05) is 0 Å². The van der Waals surface area contributed by atoms with Crippen molar-refractivity contribution >= 4 is 0 Å². The van der Waals surface area contributed by atoms with Crippen molar-refractivity contribution in [3.05, 3.63) is 12.2 Å². The van der Waals surface area contributed by atoms with Crippen molar-refractivity contribution in [3.8, 4) is 0 Å². The van der Waals surface area contributed by atoms with Crippen LogP contribution >= 0.6 is 0 Å². The van der Waals surface area contributed by atoms with Crippen LogP contribution in [0.15, 0.2) is 12.2 Å². The van der Waals surface area contributed by atoms with Crippen molar-refractivity contribution in [3.63, 3.8) is 0 Å². The SMILES string of the molecule is CCCCCCCCCCC/C=C/CCCCCCO[C@@H](CO)[C@H]1OC[C@@H](O)[C@H]1O. The summed E-state index contributed by atoms with van der Waals surface area (Å²) >= 11 is 0. The summed E-state index contributed by atoms with van der Waals surface area (Å²) in [6.45, 7) is 2.70. The molecule has 0 aromatic rings. The standard InChI is InChI=1S/C25H48O5/c1-2-3-4-5-6-7-8-9-10-11-12-13-14-15-16-17-18-19-29-23(20-26)25-24(28)22(27)21-30-25/h12-13,22-28H,2-11,14-21H2,1H3/b13-12+/t22-,23+,24-,25-/m1/s1. The molecule has 178 valence electrons. The third-order valence-electron chi connectivity index (χ3n) is 5.97. The summed E-state index contributed by atoms with van der Waals surface area (Å²) in [7, 11) is 0. The molecule has 1 aliphatic rings. The summed E-state index contributed by atoms with van der Waals surface area (Å²) in [5.41, 5.74) is 0. The number of hydrogen-bond donors (Lipinski definition) is 3. The molecule has 0 amide bonds. The first-order valence-corrected chi connectivity index (χ1v) is 12.6. The molecule has 1 rings (SSSR count). The highest BCUT2D eigenvalue weighted by Gasteiger charge is 2.40. The molecular weight excluding hydrogens is 380 g/mol. The number of unbranched alkanes of at least 4 members (excludes halogenated alkanes) is 13.